The summed E-state index contributed by atoms with van der Waals surface area (Å²) >= 11 is 0. The third-order valence-electron chi connectivity index (χ3n) is 9.27. The van der Waals surface area contributed by atoms with Gasteiger partial charge in [-0.15, -0.1) is 0 Å². The number of benzene rings is 3. The van der Waals surface area contributed by atoms with E-state index in [1.807, 2.05) is 119 Å². The molecule has 0 amide bonds. The molecule has 11 heteroatoms. The van der Waals surface area contributed by atoms with Gasteiger partial charge in [0.1, 0.15) is 55.5 Å². The van der Waals surface area contributed by atoms with Crippen molar-refractivity contribution in [3.05, 3.63) is 108 Å². The molecule has 4 heterocycles. The Morgan fingerprint density at radius 2 is 1.00 bits per heavy atom. The summed E-state index contributed by atoms with van der Waals surface area (Å²) in [6.45, 7) is 7.30. The third kappa shape index (κ3) is 8.29. The van der Waals surface area contributed by atoms with Gasteiger partial charge in [-0.3, -0.25) is 0 Å². The Kier molecular flexibility index (Phi) is 11.0. The van der Waals surface area contributed by atoms with E-state index in [2.05, 4.69) is 0 Å². The van der Waals surface area contributed by atoms with E-state index in [0.29, 0.717) is 0 Å². The highest BCUT2D eigenvalue weighted by atomic mass is 19.1. The molecule has 7 rings (SSSR count). The van der Waals surface area contributed by atoms with E-state index >= 15 is 0 Å². The van der Waals surface area contributed by atoms with Gasteiger partial charge in [0.2, 0.25) is 0 Å². The van der Waals surface area contributed by atoms with Gasteiger partial charge in [-0.1, -0.05) is 91.0 Å². The van der Waals surface area contributed by atoms with Crippen LogP contribution < -0.4 is 0 Å². The SMILES string of the molecule is CC1(C)O[C@H]2[C@@H](O1)[C@@H](CO[C@H]1O[C@H](CF)[C@@H](OCc3ccccc3)[C@H](OCc3ccccc3)[C@@H]1OCc1ccccc1)O[C@@H]1OC(C)(C)O[C@@H]12. The van der Waals surface area contributed by atoms with Crippen LogP contribution in [0, 0.1) is 0 Å². The van der Waals surface area contributed by atoms with Gasteiger partial charge < -0.3 is 47.4 Å². The number of halogens is 1. The normalized spacial score (nSPS) is 34.3. The van der Waals surface area contributed by atoms with E-state index in [0.717, 1.165) is 16.7 Å². The summed E-state index contributed by atoms with van der Waals surface area (Å²) in [6, 6.07) is 29.3. The number of hydrogen-bond donors (Lipinski definition) is 0. The quantitative estimate of drug-likeness (QED) is 0.217. The number of hydrogen-bond acceptors (Lipinski definition) is 10. The van der Waals surface area contributed by atoms with Crippen LogP contribution in [0.15, 0.2) is 91.0 Å². The summed E-state index contributed by atoms with van der Waals surface area (Å²) in [4.78, 5) is 0. The zero-order valence-electron chi connectivity index (χ0n) is 28.9. The fourth-order valence-electron chi connectivity index (χ4n) is 7.02. The fourth-order valence-corrected chi connectivity index (χ4v) is 7.02. The lowest BCUT2D eigenvalue weighted by atomic mass is 9.97. The molecule has 4 saturated heterocycles. The molecule has 0 saturated carbocycles. The van der Waals surface area contributed by atoms with Crippen LogP contribution in [0.3, 0.4) is 0 Å². The highest BCUT2D eigenvalue weighted by molar-refractivity contribution is 5.16. The van der Waals surface area contributed by atoms with Gasteiger partial charge in [0.15, 0.2) is 24.2 Å². The summed E-state index contributed by atoms with van der Waals surface area (Å²) in [5.74, 6) is -1.73. The first kappa shape index (κ1) is 35.6. The van der Waals surface area contributed by atoms with Gasteiger partial charge in [0.05, 0.1) is 26.4 Å². The second kappa shape index (κ2) is 15.4. The Bertz CT molecular complexity index is 1490. The van der Waals surface area contributed by atoms with Crippen molar-refractivity contribution < 1.29 is 51.8 Å². The van der Waals surface area contributed by atoms with E-state index in [4.69, 9.17) is 47.4 Å². The monoisotopic (exact) mass is 694 g/mol. The predicted molar refractivity (Wildman–Crippen MR) is 178 cm³/mol. The van der Waals surface area contributed by atoms with E-state index in [1.54, 1.807) is 0 Å². The molecular formula is C39H47FO10. The highest BCUT2D eigenvalue weighted by Gasteiger charge is 2.61. The minimum absolute atomic E-state index is 0.0173. The van der Waals surface area contributed by atoms with Crippen LogP contribution in [0.25, 0.3) is 0 Å². The molecule has 3 aromatic carbocycles. The first-order valence-electron chi connectivity index (χ1n) is 17.3. The molecule has 3 aromatic rings. The van der Waals surface area contributed by atoms with Crippen LogP contribution in [-0.2, 0) is 67.2 Å². The number of alkyl halides is 1. The molecule has 10 nitrogen and oxygen atoms in total. The van der Waals surface area contributed by atoms with Gasteiger partial charge in [-0.05, 0) is 44.4 Å². The smallest absolute Gasteiger partial charge is 0.190 e. The molecule has 4 aliphatic heterocycles. The molecule has 0 bridgehead atoms. The van der Waals surface area contributed by atoms with Crippen molar-refractivity contribution in [1.82, 2.24) is 0 Å². The van der Waals surface area contributed by atoms with E-state index in [-0.39, 0.29) is 26.4 Å². The molecular weight excluding hydrogens is 647 g/mol. The Morgan fingerprint density at radius 1 is 0.520 bits per heavy atom. The number of ether oxygens (including phenoxy) is 10. The van der Waals surface area contributed by atoms with Crippen molar-refractivity contribution in [2.75, 3.05) is 13.3 Å². The average molecular weight is 695 g/mol. The van der Waals surface area contributed by atoms with Crippen molar-refractivity contribution >= 4 is 0 Å². The largest absolute Gasteiger partial charge is 0.368 e. The van der Waals surface area contributed by atoms with Crippen molar-refractivity contribution in [2.45, 2.75) is 121 Å². The molecule has 0 N–H and O–H groups in total. The predicted octanol–water partition coefficient (Wildman–Crippen LogP) is 5.85. The number of fused-ring (bicyclic) bond motifs is 3. The average Bonchev–Trinajstić information content (AvgIpc) is 3.62. The van der Waals surface area contributed by atoms with Crippen LogP contribution in [0.1, 0.15) is 44.4 Å². The Labute approximate surface area is 292 Å². The van der Waals surface area contributed by atoms with Crippen LogP contribution in [-0.4, -0.2) is 86.3 Å². The molecule has 10 atom stereocenters. The fraction of sp³-hybridized carbons (Fsp3) is 0.538. The lowest BCUT2D eigenvalue weighted by Crippen LogP contribution is -2.62. The number of rotatable bonds is 13. The molecule has 50 heavy (non-hydrogen) atoms. The molecule has 270 valence electrons. The minimum Gasteiger partial charge on any atom is -0.368 e. The molecule has 0 aromatic heterocycles. The summed E-state index contributed by atoms with van der Waals surface area (Å²) in [7, 11) is 0. The lowest BCUT2D eigenvalue weighted by molar-refractivity contribution is -0.334. The summed E-state index contributed by atoms with van der Waals surface area (Å²) in [5, 5.41) is 0. The van der Waals surface area contributed by atoms with Crippen molar-refractivity contribution in [1.29, 1.82) is 0 Å². The van der Waals surface area contributed by atoms with Crippen molar-refractivity contribution in [2.24, 2.45) is 0 Å². The second-order valence-electron chi connectivity index (χ2n) is 14.0. The molecule has 0 aliphatic carbocycles. The molecule has 4 aliphatic rings. The molecule has 0 unspecified atom stereocenters. The zero-order chi connectivity index (χ0) is 34.7. The maximum absolute atomic E-state index is 15.0. The van der Waals surface area contributed by atoms with Gasteiger partial charge >= 0.3 is 0 Å². The molecule has 4 fully saturated rings. The van der Waals surface area contributed by atoms with Crippen molar-refractivity contribution in [3.63, 3.8) is 0 Å². The molecule has 0 radical (unpaired) electrons. The van der Waals surface area contributed by atoms with Crippen LogP contribution in [0.4, 0.5) is 4.39 Å². The van der Waals surface area contributed by atoms with Gasteiger partial charge in [-0.25, -0.2) is 4.39 Å². The lowest BCUT2D eigenvalue weighted by Gasteiger charge is -2.46. The second-order valence-corrected chi connectivity index (χ2v) is 14.0. The Hall–Kier alpha value is -2.81. The topological polar surface area (TPSA) is 92.3 Å². The maximum atomic E-state index is 15.0. The van der Waals surface area contributed by atoms with Crippen LogP contribution >= 0.6 is 0 Å². The maximum Gasteiger partial charge on any atom is 0.190 e. The Morgan fingerprint density at radius 3 is 1.56 bits per heavy atom. The first-order valence-corrected chi connectivity index (χ1v) is 17.3. The van der Waals surface area contributed by atoms with Gasteiger partial charge in [0, 0.05) is 0 Å². The van der Waals surface area contributed by atoms with E-state index in [1.165, 1.54) is 0 Å². The zero-order valence-corrected chi connectivity index (χ0v) is 28.9. The van der Waals surface area contributed by atoms with Gasteiger partial charge in [0.25, 0.3) is 0 Å². The minimum atomic E-state index is -1.04. The first-order chi connectivity index (χ1) is 24.2. The Balaban J connectivity index is 1.15. The summed E-state index contributed by atoms with van der Waals surface area (Å²) in [6.07, 6.45) is -7.15. The summed E-state index contributed by atoms with van der Waals surface area (Å²) < 4.78 is 78.7. The van der Waals surface area contributed by atoms with Gasteiger partial charge in [-0.2, -0.15) is 0 Å². The molecule has 0 spiro atoms. The van der Waals surface area contributed by atoms with E-state index < -0.39 is 79.7 Å². The standard InChI is InChI=1S/C39H47FO10/c1-38(2)47-31-29(46-37-35(33(31)48-38)49-39(3,4)50-37)24-44-36-34(43-23-27-18-12-7-13-19-27)32(42-22-26-16-10-6-11-17-26)30(28(20-40)45-36)41-21-25-14-8-5-9-15-25/h5-19,28-37H,20-24H2,1-4H3/t28-,29-,30-,31+,32+,33+,34+,35-,36+,37-/m1/s1. The summed E-state index contributed by atoms with van der Waals surface area (Å²) in [5.41, 5.74) is 2.85. The van der Waals surface area contributed by atoms with Crippen molar-refractivity contribution in [3.8, 4) is 0 Å². The third-order valence-corrected chi connectivity index (χ3v) is 9.27. The van der Waals surface area contributed by atoms with Crippen LogP contribution in [0.5, 0.6) is 0 Å². The van der Waals surface area contributed by atoms with E-state index in [9.17, 15) is 4.39 Å². The van der Waals surface area contributed by atoms with Crippen LogP contribution in [0.2, 0.25) is 0 Å². The highest BCUT2D eigenvalue weighted by Crippen LogP contribution is 2.44.